The highest BCUT2D eigenvalue weighted by Crippen LogP contribution is 2.24. The summed E-state index contributed by atoms with van der Waals surface area (Å²) in [5.74, 6) is -0.0929. The van der Waals surface area contributed by atoms with Crippen molar-refractivity contribution in [1.29, 1.82) is 0 Å². The van der Waals surface area contributed by atoms with Crippen LogP contribution >= 0.6 is 0 Å². The summed E-state index contributed by atoms with van der Waals surface area (Å²) in [6.45, 7) is 0. The molecule has 0 saturated carbocycles. The first-order chi connectivity index (χ1) is 14.2. The average Bonchev–Trinajstić information content (AvgIpc) is 3.18. The second-order valence-corrected chi connectivity index (χ2v) is 6.67. The zero-order chi connectivity index (χ0) is 19.8. The van der Waals surface area contributed by atoms with Gasteiger partial charge in [-0.2, -0.15) is 0 Å². The average molecular weight is 381 g/mol. The van der Waals surface area contributed by atoms with Crippen LogP contribution in [0.25, 0.3) is 33.1 Å². The topological polar surface area (TPSA) is 72.5 Å². The Labute approximate surface area is 165 Å². The van der Waals surface area contributed by atoms with Crippen molar-refractivity contribution in [1.82, 2.24) is 0 Å². The van der Waals surface area contributed by atoms with Crippen molar-refractivity contribution in [3.05, 3.63) is 101 Å². The van der Waals surface area contributed by atoms with Crippen molar-refractivity contribution in [2.24, 2.45) is 0 Å². The summed E-state index contributed by atoms with van der Waals surface area (Å²) >= 11 is 0. The summed E-state index contributed by atoms with van der Waals surface area (Å²) in [7, 11) is 0. The van der Waals surface area contributed by atoms with Gasteiger partial charge in [0, 0.05) is 16.5 Å². The zero-order valence-corrected chi connectivity index (χ0v) is 15.2. The summed E-state index contributed by atoms with van der Waals surface area (Å²) in [6.07, 6.45) is 0. The first-order valence-electron chi connectivity index (χ1n) is 9.11. The minimum absolute atomic E-state index is 0.241. The highest BCUT2D eigenvalue weighted by Gasteiger charge is 2.13. The summed E-state index contributed by atoms with van der Waals surface area (Å²) < 4.78 is 11.0. The van der Waals surface area contributed by atoms with Gasteiger partial charge in [0.25, 0.3) is 5.91 Å². The third kappa shape index (κ3) is 3.19. The maximum absolute atomic E-state index is 12.5. The molecule has 0 aliphatic heterocycles. The molecule has 0 atom stereocenters. The number of rotatable bonds is 3. The Morgan fingerprint density at radius 2 is 1.34 bits per heavy atom. The number of para-hydroxylation sites is 2. The van der Waals surface area contributed by atoms with Gasteiger partial charge in [0.05, 0.1) is 5.56 Å². The predicted molar refractivity (Wildman–Crippen MR) is 112 cm³/mol. The van der Waals surface area contributed by atoms with E-state index in [-0.39, 0.29) is 11.7 Å². The standard InChI is InChI=1S/C24H15NO4/c26-23(22-14-17-6-2-3-7-20(17)28-22)25-18-11-9-15(10-12-18)19-13-16-5-1-4-8-21(16)29-24(19)27/h1-14H,(H,25,26). The number of hydrogen-bond acceptors (Lipinski definition) is 4. The second kappa shape index (κ2) is 6.80. The molecule has 0 aliphatic carbocycles. The highest BCUT2D eigenvalue weighted by atomic mass is 16.4. The third-order valence-corrected chi connectivity index (χ3v) is 4.74. The summed E-state index contributed by atoms with van der Waals surface area (Å²) in [5, 5.41) is 4.53. The van der Waals surface area contributed by atoms with Gasteiger partial charge in [0.15, 0.2) is 5.76 Å². The monoisotopic (exact) mass is 381 g/mol. The minimum atomic E-state index is -0.400. The Balaban J connectivity index is 1.41. The Morgan fingerprint density at radius 3 is 2.03 bits per heavy atom. The number of nitrogens with one attached hydrogen (secondary N) is 1. The van der Waals surface area contributed by atoms with Gasteiger partial charge in [0.1, 0.15) is 11.2 Å². The van der Waals surface area contributed by atoms with Crippen LogP contribution in [0.5, 0.6) is 0 Å². The molecule has 0 aliphatic rings. The van der Waals surface area contributed by atoms with Crippen LogP contribution < -0.4 is 10.9 Å². The molecule has 140 valence electrons. The Bertz CT molecular complexity index is 1380. The van der Waals surface area contributed by atoms with E-state index < -0.39 is 5.63 Å². The van der Waals surface area contributed by atoms with E-state index in [0.717, 1.165) is 10.8 Å². The number of fused-ring (bicyclic) bond motifs is 2. The highest BCUT2D eigenvalue weighted by molar-refractivity contribution is 6.04. The van der Waals surface area contributed by atoms with Crippen LogP contribution in [-0.4, -0.2) is 5.91 Å². The molecule has 5 nitrogen and oxygen atoms in total. The van der Waals surface area contributed by atoms with Gasteiger partial charge < -0.3 is 14.2 Å². The van der Waals surface area contributed by atoms with Gasteiger partial charge in [0.2, 0.25) is 0 Å². The molecule has 0 unspecified atom stereocenters. The number of furan rings is 1. The van der Waals surface area contributed by atoms with Crippen LogP contribution in [0.4, 0.5) is 5.69 Å². The summed E-state index contributed by atoms with van der Waals surface area (Å²) in [6, 6.07) is 25.4. The molecule has 1 N–H and O–H groups in total. The molecule has 0 bridgehead atoms. The molecule has 0 spiro atoms. The lowest BCUT2D eigenvalue weighted by atomic mass is 10.1. The quantitative estimate of drug-likeness (QED) is 0.421. The van der Waals surface area contributed by atoms with Crippen molar-refractivity contribution < 1.29 is 13.6 Å². The van der Waals surface area contributed by atoms with Crippen molar-refractivity contribution >= 4 is 33.5 Å². The van der Waals surface area contributed by atoms with E-state index in [1.165, 1.54) is 0 Å². The first-order valence-corrected chi connectivity index (χ1v) is 9.11. The van der Waals surface area contributed by atoms with Gasteiger partial charge in [-0.3, -0.25) is 4.79 Å². The van der Waals surface area contributed by atoms with Crippen molar-refractivity contribution in [3.63, 3.8) is 0 Å². The zero-order valence-electron chi connectivity index (χ0n) is 15.2. The molecular formula is C24H15NO4. The lowest BCUT2D eigenvalue weighted by Gasteiger charge is -2.06. The van der Waals surface area contributed by atoms with Crippen LogP contribution in [0, 0.1) is 0 Å². The normalized spacial score (nSPS) is 11.0. The van der Waals surface area contributed by atoms with Gasteiger partial charge in [-0.05, 0) is 42.0 Å². The Morgan fingerprint density at radius 1 is 0.724 bits per heavy atom. The van der Waals surface area contributed by atoms with Gasteiger partial charge in [-0.15, -0.1) is 0 Å². The van der Waals surface area contributed by atoms with E-state index in [4.69, 9.17) is 8.83 Å². The molecule has 0 radical (unpaired) electrons. The van der Waals surface area contributed by atoms with Crippen LogP contribution in [0.15, 0.2) is 98.6 Å². The van der Waals surface area contributed by atoms with Gasteiger partial charge in [-0.25, -0.2) is 4.79 Å². The van der Waals surface area contributed by atoms with E-state index >= 15 is 0 Å². The first kappa shape index (κ1) is 17.0. The van der Waals surface area contributed by atoms with E-state index in [9.17, 15) is 9.59 Å². The summed E-state index contributed by atoms with van der Waals surface area (Å²) in [5.41, 5.74) is 2.60. The number of carbonyl (C=O) groups excluding carboxylic acids is 1. The van der Waals surface area contributed by atoms with Gasteiger partial charge in [-0.1, -0.05) is 48.5 Å². The van der Waals surface area contributed by atoms with Crippen LogP contribution in [0.3, 0.4) is 0 Å². The molecule has 5 rings (SSSR count). The number of benzene rings is 3. The molecule has 2 heterocycles. The number of amides is 1. The number of hydrogen-bond donors (Lipinski definition) is 1. The fraction of sp³-hybridized carbons (Fsp3) is 0. The molecule has 0 saturated heterocycles. The van der Waals surface area contributed by atoms with E-state index in [1.807, 2.05) is 48.5 Å². The fourth-order valence-electron chi connectivity index (χ4n) is 3.28. The maximum atomic E-state index is 12.5. The Kier molecular flexibility index (Phi) is 3.99. The van der Waals surface area contributed by atoms with E-state index in [0.29, 0.717) is 28.0 Å². The molecule has 2 aromatic heterocycles. The maximum Gasteiger partial charge on any atom is 0.344 e. The lowest BCUT2D eigenvalue weighted by Crippen LogP contribution is -2.10. The van der Waals surface area contributed by atoms with Crippen LogP contribution in [0.2, 0.25) is 0 Å². The smallest absolute Gasteiger partial charge is 0.344 e. The van der Waals surface area contributed by atoms with Crippen molar-refractivity contribution in [2.45, 2.75) is 0 Å². The number of carbonyl (C=O) groups is 1. The third-order valence-electron chi connectivity index (χ3n) is 4.74. The van der Waals surface area contributed by atoms with E-state index in [1.54, 1.807) is 36.4 Å². The molecule has 0 fully saturated rings. The number of anilines is 1. The molecule has 5 heteroatoms. The minimum Gasteiger partial charge on any atom is -0.451 e. The Hall–Kier alpha value is -4.12. The molecule has 1 amide bonds. The SMILES string of the molecule is O=C(Nc1ccc(-c2cc3ccccc3oc2=O)cc1)c1cc2ccccc2o1. The van der Waals surface area contributed by atoms with Crippen molar-refractivity contribution in [2.75, 3.05) is 5.32 Å². The largest absolute Gasteiger partial charge is 0.451 e. The fourth-order valence-corrected chi connectivity index (χ4v) is 3.28. The molecule has 3 aromatic carbocycles. The van der Waals surface area contributed by atoms with Crippen LogP contribution in [0.1, 0.15) is 10.6 Å². The lowest BCUT2D eigenvalue weighted by molar-refractivity contribution is 0.0998. The molecule has 29 heavy (non-hydrogen) atoms. The van der Waals surface area contributed by atoms with Crippen LogP contribution in [-0.2, 0) is 0 Å². The second-order valence-electron chi connectivity index (χ2n) is 6.67. The van der Waals surface area contributed by atoms with E-state index in [2.05, 4.69) is 5.32 Å². The predicted octanol–water partition coefficient (Wildman–Crippen LogP) is 5.46. The van der Waals surface area contributed by atoms with Gasteiger partial charge >= 0.3 is 5.63 Å². The molecular weight excluding hydrogens is 366 g/mol. The molecule has 5 aromatic rings. The van der Waals surface area contributed by atoms with Crippen molar-refractivity contribution in [3.8, 4) is 11.1 Å². The summed E-state index contributed by atoms with van der Waals surface area (Å²) in [4.78, 5) is 24.8.